The van der Waals surface area contributed by atoms with E-state index >= 15 is 0 Å². The summed E-state index contributed by atoms with van der Waals surface area (Å²) in [7, 11) is 3.46. The van der Waals surface area contributed by atoms with Gasteiger partial charge in [0.15, 0.2) is 0 Å². The van der Waals surface area contributed by atoms with Crippen molar-refractivity contribution in [3.05, 3.63) is 76.7 Å². The van der Waals surface area contributed by atoms with Gasteiger partial charge in [0.05, 0.1) is 30.8 Å². The summed E-state index contributed by atoms with van der Waals surface area (Å²) in [5.74, 6) is 2.33. The molecule has 158 valence electrons. The number of rotatable bonds is 8. The van der Waals surface area contributed by atoms with Crippen LogP contribution in [-0.2, 0) is 17.8 Å². The van der Waals surface area contributed by atoms with E-state index in [-0.39, 0.29) is 11.9 Å². The molecule has 6 nitrogen and oxygen atoms in total. The third kappa shape index (κ3) is 4.82. The number of likely N-dealkylation sites (N-methyl/N-ethyl adjacent to an activating group) is 1. The molecule has 0 radical (unpaired) electrons. The van der Waals surface area contributed by atoms with Gasteiger partial charge < -0.3 is 18.9 Å². The van der Waals surface area contributed by atoms with Crippen LogP contribution in [0.25, 0.3) is 0 Å². The van der Waals surface area contributed by atoms with E-state index in [2.05, 4.69) is 5.16 Å². The predicted molar refractivity (Wildman–Crippen MR) is 115 cm³/mol. The number of methoxy groups -OCH3 is 1. The largest absolute Gasteiger partial charge is 0.496 e. The van der Waals surface area contributed by atoms with Crippen LogP contribution in [0.15, 0.2) is 53.1 Å². The van der Waals surface area contributed by atoms with Crippen molar-refractivity contribution in [3.63, 3.8) is 0 Å². The Morgan fingerprint density at radius 1 is 1.13 bits per heavy atom. The molecule has 0 spiro atoms. The molecule has 1 aromatic heterocycles. The number of carbonyl (C=O) groups excluding carboxylic acids is 1. The Labute approximate surface area is 177 Å². The van der Waals surface area contributed by atoms with Crippen LogP contribution in [0.1, 0.15) is 41.1 Å². The van der Waals surface area contributed by atoms with Crippen molar-refractivity contribution >= 4 is 5.91 Å². The van der Waals surface area contributed by atoms with Crippen LogP contribution < -0.4 is 9.47 Å². The molecule has 1 unspecified atom stereocenters. The number of nitrogens with zero attached hydrogens (tertiary/aromatic N) is 2. The second-order valence-corrected chi connectivity index (χ2v) is 7.33. The van der Waals surface area contributed by atoms with E-state index in [1.165, 1.54) is 0 Å². The number of aromatic nitrogens is 1. The number of hydrogen-bond donors (Lipinski definition) is 0. The Morgan fingerprint density at radius 2 is 1.83 bits per heavy atom. The fraction of sp³-hybridized carbons (Fsp3) is 0.333. The third-order valence-corrected chi connectivity index (χ3v) is 5.41. The van der Waals surface area contributed by atoms with Crippen molar-refractivity contribution in [3.8, 4) is 11.5 Å². The average Bonchev–Trinajstić information content (AvgIpc) is 3.09. The lowest BCUT2D eigenvalue weighted by Gasteiger charge is -2.26. The number of aryl methyl sites for hydroxylation is 2. The number of benzene rings is 2. The summed E-state index contributed by atoms with van der Waals surface area (Å²) in [5, 5.41) is 3.93. The molecular weight excluding hydrogens is 380 g/mol. The molecule has 6 heteroatoms. The van der Waals surface area contributed by atoms with Crippen molar-refractivity contribution in [1.29, 1.82) is 0 Å². The third-order valence-electron chi connectivity index (χ3n) is 5.41. The minimum Gasteiger partial charge on any atom is -0.496 e. The lowest BCUT2D eigenvalue weighted by Crippen LogP contribution is -2.31. The zero-order valence-corrected chi connectivity index (χ0v) is 18.1. The maximum atomic E-state index is 12.8. The molecular formula is C24H28N2O4. The van der Waals surface area contributed by atoms with Crippen molar-refractivity contribution in [2.45, 2.75) is 39.8 Å². The molecule has 30 heavy (non-hydrogen) atoms. The van der Waals surface area contributed by atoms with Crippen LogP contribution in [0.3, 0.4) is 0 Å². The first-order valence-corrected chi connectivity index (χ1v) is 9.92. The molecule has 2 aromatic carbocycles. The van der Waals surface area contributed by atoms with Gasteiger partial charge in [0, 0.05) is 12.6 Å². The van der Waals surface area contributed by atoms with E-state index < -0.39 is 0 Å². The van der Waals surface area contributed by atoms with Crippen molar-refractivity contribution in [2.24, 2.45) is 0 Å². The summed E-state index contributed by atoms with van der Waals surface area (Å²) in [5.41, 5.74) is 3.71. The van der Waals surface area contributed by atoms with Gasteiger partial charge in [-0.25, -0.2) is 0 Å². The van der Waals surface area contributed by atoms with Gasteiger partial charge in [-0.15, -0.1) is 0 Å². The summed E-state index contributed by atoms with van der Waals surface area (Å²) in [6.45, 7) is 6.17. The Hall–Kier alpha value is -3.28. The van der Waals surface area contributed by atoms with Crippen LogP contribution in [0.4, 0.5) is 0 Å². The molecule has 3 rings (SSSR count). The van der Waals surface area contributed by atoms with Gasteiger partial charge in [0.25, 0.3) is 0 Å². The second kappa shape index (κ2) is 9.48. The number of hydrogen-bond acceptors (Lipinski definition) is 5. The van der Waals surface area contributed by atoms with E-state index in [0.717, 1.165) is 39.6 Å². The highest BCUT2D eigenvalue weighted by atomic mass is 16.5. The zero-order chi connectivity index (χ0) is 21.7. The number of carbonyl (C=O) groups is 1. The highest BCUT2D eigenvalue weighted by molar-refractivity contribution is 5.79. The molecule has 0 saturated heterocycles. The van der Waals surface area contributed by atoms with E-state index in [9.17, 15) is 4.79 Å². The van der Waals surface area contributed by atoms with E-state index in [1.54, 1.807) is 12.0 Å². The van der Waals surface area contributed by atoms with Gasteiger partial charge in [0.1, 0.15) is 23.9 Å². The molecule has 0 saturated carbocycles. The van der Waals surface area contributed by atoms with Crippen LogP contribution in [0.2, 0.25) is 0 Å². The smallest absolute Gasteiger partial charge is 0.227 e. The lowest BCUT2D eigenvalue weighted by molar-refractivity contribution is -0.131. The van der Waals surface area contributed by atoms with E-state index in [1.807, 2.05) is 76.3 Å². The number of para-hydroxylation sites is 1. The molecule has 0 aliphatic rings. The fourth-order valence-electron chi connectivity index (χ4n) is 3.30. The van der Waals surface area contributed by atoms with Gasteiger partial charge in [-0.05, 0) is 44.5 Å². The van der Waals surface area contributed by atoms with Crippen molar-refractivity contribution < 1.29 is 18.8 Å². The van der Waals surface area contributed by atoms with Crippen LogP contribution in [-0.4, -0.2) is 30.1 Å². The Kier molecular flexibility index (Phi) is 6.77. The average molecular weight is 408 g/mol. The minimum absolute atomic E-state index is 0.0396. The molecule has 1 amide bonds. The number of ether oxygens (including phenoxy) is 2. The number of amides is 1. The summed E-state index contributed by atoms with van der Waals surface area (Å²) >= 11 is 0. The van der Waals surface area contributed by atoms with Gasteiger partial charge in [0.2, 0.25) is 5.91 Å². The normalized spacial score (nSPS) is 11.8. The van der Waals surface area contributed by atoms with Crippen LogP contribution in [0.5, 0.6) is 11.5 Å². The molecule has 0 N–H and O–H groups in total. The van der Waals surface area contributed by atoms with E-state index in [4.69, 9.17) is 14.0 Å². The summed E-state index contributed by atoms with van der Waals surface area (Å²) in [4.78, 5) is 14.6. The predicted octanol–water partition coefficient (Wildman–Crippen LogP) is 4.64. The fourth-order valence-corrected chi connectivity index (χ4v) is 3.30. The monoisotopic (exact) mass is 408 g/mol. The van der Waals surface area contributed by atoms with Crippen molar-refractivity contribution in [1.82, 2.24) is 10.1 Å². The standard InChI is InChI=1S/C24H28N2O4/c1-16-22(18(3)30-25-16)15-29-20-12-10-19(11-13-20)14-24(27)26(4)17(2)21-8-6-7-9-23(21)28-5/h6-13,17H,14-15H2,1-5H3. The minimum atomic E-state index is -0.0914. The Morgan fingerprint density at radius 3 is 2.47 bits per heavy atom. The van der Waals surface area contributed by atoms with E-state index in [0.29, 0.717) is 13.0 Å². The molecule has 1 atom stereocenters. The zero-order valence-electron chi connectivity index (χ0n) is 18.1. The summed E-state index contributed by atoms with van der Waals surface area (Å²) in [6.07, 6.45) is 0.320. The first-order chi connectivity index (χ1) is 14.4. The Bertz CT molecular complexity index is 975. The molecule has 0 aliphatic carbocycles. The lowest BCUT2D eigenvalue weighted by atomic mass is 10.0. The van der Waals surface area contributed by atoms with Gasteiger partial charge in [-0.1, -0.05) is 35.5 Å². The first kappa shape index (κ1) is 21.4. The molecule has 0 aliphatic heterocycles. The SMILES string of the molecule is COc1ccccc1C(C)N(C)C(=O)Cc1ccc(OCc2c(C)noc2C)cc1. The quantitative estimate of drug-likeness (QED) is 0.543. The highest BCUT2D eigenvalue weighted by Gasteiger charge is 2.20. The van der Waals surface area contributed by atoms with Crippen LogP contribution in [0, 0.1) is 13.8 Å². The topological polar surface area (TPSA) is 64.8 Å². The van der Waals surface area contributed by atoms with Crippen molar-refractivity contribution in [2.75, 3.05) is 14.2 Å². The molecule has 0 fully saturated rings. The first-order valence-electron chi connectivity index (χ1n) is 9.92. The van der Waals surface area contributed by atoms with Crippen LogP contribution >= 0.6 is 0 Å². The summed E-state index contributed by atoms with van der Waals surface area (Å²) < 4.78 is 16.4. The molecule has 1 heterocycles. The highest BCUT2D eigenvalue weighted by Crippen LogP contribution is 2.28. The van der Waals surface area contributed by atoms with Gasteiger partial charge in [-0.3, -0.25) is 4.79 Å². The molecule has 3 aromatic rings. The maximum Gasteiger partial charge on any atom is 0.227 e. The van der Waals surface area contributed by atoms with Gasteiger partial charge >= 0.3 is 0 Å². The van der Waals surface area contributed by atoms with Gasteiger partial charge in [-0.2, -0.15) is 0 Å². The second-order valence-electron chi connectivity index (χ2n) is 7.33. The Balaban J connectivity index is 1.59. The molecule has 0 bridgehead atoms. The maximum absolute atomic E-state index is 12.8. The summed E-state index contributed by atoms with van der Waals surface area (Å²) in [6, 6.07) is 15.3.